The molecule has 1 aromatic heterocycles. The molecule has 0 unspecified atom stereocenters. The monoisotopic (exact) mass is 1330 g/mol. The van der Waals surface area contributed by atoms with Gasteiger partial charge in [-0.2, -0.15) is 0 Å². The Kier molecular flexibility index (Phi) is 28.5. The number of H-pyrrole nitrogens is 1. The number of phenolic OH excluding ortho intramolecular Hbond substituents is 1. The molecule has 19 N–H and O–H groups in total. The maximum Gasteiger partial charge on any atom is 0.326 e. The number of carbonyl (C=O) groups excluding carboxylic acids is 10. The van der Waals surface area contributed by atoms with E-state index in [1.54, 1.807) is 18.2 Å². The van der Waals surface area contributed by atoms with E-state index in [0.717, 1.165) is 26.0 Å². The summed E-state index contributed by atoms with van der Waals surface area (Å²) in [6, 6.07) is -2.81. The van der Waals surface area contributed by atoms with Crippen LogP contribution in [-0.4, -0.2) is 201 Å². The lowest BCUT2D eigenvalue weighted by Crippen LogP contribution is -2.62. The van der Waals surface area contributed by atoms with Gasteiger partial charge in [0, 0.05) is 37.2 Å². The zero-order valence-electron chi connectivity index (χ0n) is 51.0. The Morgan fingerprint density at radius 2 is 1.01 bits per heavy atom. The van der Waals surface area contributed by atoms with E-state index in [4.69, 9.17) is 5.73 Å². The highest BCUT2D eigenvalue weighted by Gasteiger charge is 2.38. The second-order valence-corrected chi connectivity index (χ2v) is 21.7. The number of aromatic amines is 1. The topological polar surface area (TPSA) is 605 Å². The van der Waals surface area contributed by atoms with Crippen LogP contribution in [-0.2, 0) is 81.6 Å². The third-order valence-electron chi connectivity index (χ3n) is 13.9. The number of imidazole rings is 1. The van der Waals surface area contributed by atoms with E-state index in [0.29, 0.717) is 17.2 Å². The van der Waals surface area contributed by atoms with Crippen LogP contribution < -0.4 is 58.9 Å². The van der Waals surface area contributed by atoms with Crippen molar-refractivity contribution in [2.45, 2.75) is 133 Å². The Bertz CT molecular complexity index is 3460. The Hall–Kier alpha value is -11.7. The highest BCUT2D eigenvalue weighted by atomic mass is 16.6. The van der Waals surface area contributed by atoms with Gasteiger partial charge in [-0.15, -0.1) is 0 Å². The number of carbonyl (C=O) groups is 13. The summed E-state index contributed by atoms with van der Waals surface area (Å²) in [6.45, 7) is 3.82. The number of non-ortho nitro benzene ring substituents is 1. The number of carboxylic acids is 3. The number of aliphatic hydroxyl groups is 2. The molecule has 10 amide bonds. The van der Waals surface area contributed by atoms with E-state index < -0.39 is 197 Å². The smallest absolute Gasteiger partial charge is 0.326 e. The van der Waals surface area contributed by atoms with Crippen LogP contribution in [0.4, 0.5) is 17.1 Å². The number of hydrogen-bond donors (Lipinski definition) is 18. The normalized spacial score (nSPS) is 14.4. The number of amides is 10. The molecule has 0 saturated heterocycles. The van der Waals surface area contributed by atoms with Crippen LogP contribution in [0.25, 0.3) is 0 Å². The maximum absolute atomic E-state index is 14.3. The highest BCUT2D eigenvalue weighted by Crippen LogP contribution is 2.30. The van der Waals surface area contributed by atoms with Crippen molar-refractivity contribution in [2.24, 2.45) is 11.7 Å². The molecule has 0 radical (unpaired) electrons. The fraction of sp³-hybridized carbons (Fsp3) is 0.404. The minimum absolute atomic E-state index is 0.150. The molecular weight excluding hydrogens is 1260 g/mol. The first-order valence-corrected chi connectivity index (χ1v) is 28.6. The second-order valence-electron chi connectivity index (χ2n) is 21.7. The fourth-order valence-electron chi connectivity index (χ4n) is 8.88. The number of aliphatic carboxylic acids is 3. The highest BCUT2D eigenvalue weighted by molar-refractivity contribution is 6.00. The predicted molar refractivity (Wildman–Crippen MR) is 324 cm³/mol. The number of nitrogens with one attached hydrogen (secondary N) is 11. The van der Waals surface area contributed by atoms with E-state index in [2.05, 4.69) is 63.1 Å². The van der Waals surface area contributed by atoms with Crippen molar-refractivity contribution in [1.29, 1.82) is 0 Å². The summed E-state index contributed by atoms with van der Waals surface area (Å²) in [6.07, 6.45) is -3.75. The van der Waals surface area contributed by atoms with Gasteiger partial charge in [0.25, 0.3) is 11.4 Å². The molecule has 0 aliphatic carbocycles. The summed E-state index contributed by atoms with van der Waals surface area (Å²) in [5.74, 6) is -18.5. The average molecular weight is 1330 g/mol. The van der Waals surface area contributed by atoms with Crippen molar-refractivity contribution in [2.75, 3.05) is 11.9 Å². The molecule has 1 heterocycles. The van der Waals surface area contributed by atoms with Gasteiger partial charge < -0.3 is 94.5 Å². The van der Waals surface area contributed by atoms with Gasteiger partial charge in [-0.25, -0.2) is 9.78 Å². The summed E-state index contributed by atoms with van der Waals surface area (Å²) in [4.78, 5) is 200. The van der Waals surface area contributed by atoms with Gasteiger partial charge in [-0.3, -0.25) is 77.8 Å². The molecule has 95 heavy (non-hydrogen) atoms. The number of carboxylic acid groups (broad SMARTS) is 3. The number of nitrogens with two attached hydrogens (primary N) is 1. The molecule has 4 aromatic rings. The first-order chi connectivity index (χ1) is 44.7. The quantitative estimate of drug-likeness (QED) is 0.0149. The molecule has 38 nitrogen and oxygen atoms in total. The van der Waals surface area contributed by atoms with Gasteiger partial charge >= 0.3 is 17.9 Å². The molecule has 11 atom stereocenters. The number of anilines is 1. The number of nitro benzene ring substituents is 2. The zero-order valence-corrected chi connectivity index (χ0v) is 51.0. The molecule has 0 saturated carbocycles. The number of benzene rings is 3. The first-order valence-electron chi connectivity index (χ1n) is 28.6. The molecule has 0 spiro atoms. The first kappa shape index (κ1) is 75.8. The summed E-state index contributed by atoms with van der Waals surface area (Å²) < 4.78 is 0. The van der Waals surface area contributed by atoms with Gasteiger partial charge in [-0.1, -0.05) is 56.3 Å². The predicted octanol–water partition coefficient (Wildman–Crippen LogP) is -4.24. The van der Waals surface area contributed by atoms with Crippen molar-refractivity contribution >= 4 is 94.0 Å². The minimum Gasteiger partial charge on any atom is -0.508 e. The molecule has 3 aromatic carbocycles. The molecule has 38 heteroatoms. The molecule has 0 bridgehead atoms. The van der Waals surface area contributed by atoms with Crippen molar-refractivity contribution in [1.82, 2.24) is 57.8 Å². The molecule has 512 valence electrons. The lowest BCUT2D eigenvalue weighted by atomic mass is 10.00. The third kappa shape index (κ3) is 24.1. The number of hydrogen-bond acceptors (Lipinski definition) is 22. The zero-order chi connectivity index (χ0) is 71.0. The summed E-state index contributed by atoms with van der Waals surface area (Å²) in [5, 5.41) is 106. The lowest BCUT2D eigenvalue weighted by molar-refractivity contribution is -0.393. The van der Waals surface area contributed by atoms with Crippen LogP contribution in [0.5, 0.6) is 5.75 Å². The van der Waals surface area contributed by atoms with Gasteiger partial charge in [0.2, 0.25) is 59.1 Å². The van der Waals surface area contributed by atoms with Crippen molar-refractivity contribution in [3.05, 3.63) is 122 Å². The molecule has 0 aliphatic rings. The SMILES string of the molecule is CC(C)[C@H](NC(=O)[C@H](C)NC(=O)[C@H](CC(=O)O)NC(=O)[C@H](CO)NC(=O)[C@H](Cc1cnc[nH]1)Nc1ccc([N+](=O)[O-])cc1[N+](=O)[O-])C(=O)N[C@@H](Cc1ccccc1)C(=O)N[C@H](C(=O)N[C@@H](CC(=O)O)C(=O)N[C@@H](CC(N)=O)C(=O)N[C@@H](Cc1ccc(O)cc1)C(=O)O)[C@@H](C)O. The van der Waals surface area contributed by atoms with Crippen molar-refractivity contribution in [3.63, 3.8) is 0 Å². The number of nitrogens with zero attached hydrogens (tertiary/aromatic N) is 3. The van der Waals surface area contributed by atoms with E-state index in [1.807, 2.05) is 0 Å². The standard InChI is InChI=1S/C57H71N15O23/c1-26(2)46(69-48(81)27(3)61-49(82)38(21-44(77)78)64-54(87)41(24-73)68-50(83)36(18-31-23-59-25-60-31)62-34-15-12-32(71(92)93)19-42(34)72(94)95)55(88)65-35(16-29-8-6-5-7-9-29)53(86)70-47(28(4)74)56(89)66-39(22-45(79)80)52(85)63-37(20-43(58)76)51(84)67-40(57(90)91)17-30-10-13-33(75)14-11-30/h5-15,19,23,25-28,35-41,46-47,62,73-75H,16-18,20-22,24H2,1-4H3,(H2,58,76)(H,59,60)(H,61,82)(H,63,85)(H,64,87)(H,65,88)(H,66,89)(H,67,84)(H,68,83)(H,69,81)(H,70,86)(H,77,78)(H,79,80)(H,90,91)/t27-,28+,35-,36-,37-,38-,39-,40-,41-,46-,47-/m0/s1. The number of nitro groups is 2. The minimum atomic E-state index is -2.14. The van der Waals surface area contributed by atoms with Gasteiger partial charge in [0.1, 0.15) is 71.9 Å². The largest absolute Gasteiger partial charge is 0.508 e. The summed E-state index contributed by atoms with van der Waals surface area (Å²) >= 11 is 0. The van der Waals surface area contributed by atoms with E-state index in [9.17, 15) is 113 Å². The second kappa shape index (κ2) is 35.8. The van der Waals surface area contributed by atoms with Crippen LogP contribution in [0.2, 0.25) is 0 Å². The molecule has 0 aliphatic heterocycles. The van der Waals surface area contributed by atoms with Crippen LogP contribution >= 0.6 is 0 Å². The van der Waals surface area contributed by atoms with Crippen molar-refractivity contribution in [3.8, 4) is 5.75 Å². The average Bonchev–Trinajstić information content (AvgIpc) is 1.32. The molecular formula is C57H71N15O23. The number of phenols is 1. The van der Waals surface area contributed by atoms with Crippen LogP contribution in [0.3, 0.4) is 0 Å². The Morgan fingerprint density at radius 1 is 0.537 bits per heavy atom. The number of rotatable bonds is 38. The maximum atomic E-state index is 14.3. The van der Waals surface area contributed by atoms with E-state index in [1.165, 1.54) is 62.8 Å². The Morgan fingerprint density at radius 3 is 1.52 bits per heavy atom. The summed E-state index contributed by atoms with van der Waals surface area (Å²) in [5.41, 5.74) is 4.43. The number of aromatic hydroxyl groups is 1. The fourth-order valence-corrected chi connectivity index (χ4v) is 8.88. The number of primary amides is 1. The molecule has 4 rings (SSSR count). The van der Waals surface area contributed by atoms with E-state index in [-0.39, 0.29) is 36.4 Å². The third-order valence-corrected chi connectivity index (χ3v) is 13.9. The lowest BCUT2D eigenvalue weighted by Gasteiger charge is -2.29. The van der Waals surface area contributed by atoms with Crippen LogP contribution in [0.15, 0.2) is 85.3 Å². The van der Waals surface area contributed by atoms with Crippen LogP contribution in [0.1, 0.15) is 63.8 Å². The van der Waals surface area contributed by atoms with Gasteiger partial charge in [-0.05, 0) is 49.1 Å². The van der Waals surface area contributed by atoms with Gasteiger partial charge in [0.15, 0.2) is 0 Å². The van der Waals surface area contributed by atoms with Gasteiger partial charge in [0.05, 0.1) is 54.2 Å². The number of aromatic nitrogens is 2. The van der Waals surface area contributed by atoms with Crippen molar-refractivity contribution < 1.29 is 103 Å². The van der Waals surface area contributed by atoms with E-state index >= 15 is 0 Å². The summed E-state index contributed by atoms with van der Waals surface area (Å²) in [7, 11) is 0. The number of aliphatic hydroxyl groups excluding tert-OH is 2. The van der Waals surface area contributed by atoms with Crippen LogP contribution in [0, 0.1) is 26.1 Å². The molecule has 0 fully saturated rings. The Labute approximate surface area is 537 Å². The Balaban J connectivity index is 1.49.